The molecule has 0 amide bonds. The molecule has 46 heavy (non-hydrogen) atoms. The highest BCUT2D eigenvalue weighted by Crippen LogP contribution is 2.44. The molecule has 1 heterocycles. The topological polar surface area (TPSA) is 308 Å². The molecule has 0 radical (unpaired) electrons. The van der Waals surface area contributed by atoms with Gasteiger partial charge in [0.05, 0.1) is 22.6 Å². The quantitative estimate of drug-likeness (QED) is 0.0665. The molecule has 1 aromatic heterocycles. The normalized spacial score (nSPS) is 12.6. The first-order chi connectivity index (χ1) is 21.3. The molecule has 8 N–H and O–H groups in total. The van der Waals surface area contributed by atoms with E-state index in [0.717, 1.165) is 18.2 Å². The van der Waals surface area contributed by atoms with Crippen molar-refractivity contribution in [3.8, 4) is 5.75 Å². The van der Waals surface area contributed by atoms with Crippen LogP contribution in [0.4, 0.5) is 34.6 Å². The van der Waals surface area contributed by atoms with E-state index in [1.807, 2.05) is 0 Å². The summed E-state index contributed by atoms with van der Waals surface area (Å²) in [6.45, 7) is 2.15. The first-order valence-electron chi connectivity index (χ1n) is 12.4. The van der Waals surface area contributed by atoms with Gasteiger partial charge in [0.25, 0.3) is 30.4 Å². The molecule has 0 unspecified atom stereocenters. The van der Waals surface area contributed by atoms with Crippen molar-refractivity contribution < 1.29 is 49.1 Å². The average molecular weight is 719 g/mol. The van der Waals surface area contributed by atoms with Gasteiger partial charge in [-0.3, -0.25) is 13.7 Å². The Morgan fingerprint density at radius 2 is 1.59 bits per heavy atom. The van der Waals surface area contributed by atoms with E-state index >= 15 is 0 Å². The third-order valence-corrected chi connectivity index (χ3v) is 8.90. The first kappa shape index (κ1) is 34.6. The summed E-state index contributed by atoms with van der Waals surface area (Å²) in [5.41, 5.74) is 3.95. The molecular weight excluding hydrogens is 696 g/mol. The minimum absolute atomic E-state index is 0.00119. The summed E-state index contributed by atoms with van der Waals surface area (Å²) in [4.78, 5) is 11.0. The predicted octanol–water partition coefficient (Wildman–Crippen LogP) is 2.68. The lowest BCUT2D eigenvalue weighted by atomic mass is 10.1. The third-order valence-electron chi connectivity index (χ3n) is 6.12. The van der Waals surface area contributed by atoms with Gasteiger partial charge in [0.2, 0.25) is 17.2 Å². The zero-order valence-corrected chi connectivity index (χ0v) is 26.3. The maximum absolute atomic E-state index is 12.3. The van der Waals surface area contributed by atoms with Gasteiger partial charge in [0.1, 0.15) is 26.9 Å². The van der Waals surface area contributed by atoms with Crippen LogP contribution in [-0.4, -0.2) is 83.8 Å². The van der Waals surface area contributed by atoms with E-state index < -0.39 is 73.2 Å². The second-order valence-corrected chi connectivity index (χ2v) is 13.7. The van der Waals surface area contributed by atoms with Crippen LogP contribution in [0.1, 0.15) is 6.92 Å². The molecule has 0 aliphatic heterocycles. The minimum Gasteiger partial charge on any atom is -0.507 e. The number of likely N-dealkylation sites (N-methyl/N-ethyl adjacent to an activating group) is 1. The highest BCUT2D eigenvalue weighted by molar-refractivity contribution is 7.86. The summed E-state index contributed by atoms with van der Waals surface area (Å²) in [7, 11) is -15.0. The van der Waals surface area contributed by atoms with Gasteiger partial charge < -0.3 is 26.2 Å². The first-order valence-corrected chi connectivity index (χ1v) is 17.1. The molecular formula is C23H23ClN8O11S3. The number of rotatable bonds is 11. The molecule has 0 spiro atoms. The number of phenolic OH excluding ortho intramolecular Hbond substituents is 1. The average Bonchev–Trinajstić information content (AvgIpc) is 2.93. The lowest BCUT2D eigenvalue weighted by molar-refractivity contribution is 0.301. The lowest BCUT2D eigenvalue weighted by Gasteiger charge is -2.19. The number of aliphatic hydroxyl groups is 1. The fourth-order valence-electron chi connectivity index (χ4n) is 4.10. The zero-order chi connectivity index (χ0) is 34.2. The van der Waals surface area contributed by atoms with E-state index in [0.29, 0.717) is 18.7 Å². The second kappa shape index (κ2) is 12.8. The molecule has 0 aliphatic carbocycles. The number of nitrogen functional groups attached to an aromatic ring is 1. The molecule has 0 fully saturated rings. The van der Waals surface area contributed by atoms with Crippen LogP contribution in [0.5, 0.6) is 5.75 Å². The largest absolute Gasteiger partial charge is 0.507 e. The van der Waals surface area contributed by atoms with E-state index in [9.17, 15) is 49.1 Å². The summed E-state index contributed by atoms with van der Waals surface area (Å²) in [6.07, 6.45) is 0. The van der Waals surface area contributed by atoms with Crippen LogP contribution in [0.15, 0.2) is 61.3 Å². The van der Waals surface area contributed by atoms with Crippen molar-refractivity contribution in [3.63, 3.8) is 0 Å². The smallest absolute Gasteiger partial charge is 0.296 e. The van der Waals surface area contributed by atoms with Gasteiger partial charge in [-0.25, -0.2) is 0 Å². The van der Waals surface area contributed by atoms with Crippen molar-refractivity contribution in [1.29, 1.82) is 0 Å². The number of azo groups is 1. The molecule has 3 aromatic carbocycles. The molecule has 0 bridgehead atoms. The molecule has 19 nitrogen and oxygen atoms in total. The Hall–Kier alpha value is -4.29. The van der Waals surface area contributed by atoms with Crippen LogP contribution in [0, 0.1) is 0 Å². The number of nitrogens with two attached hydrogens (primary N) is 1. The van der Waals surface area contributed by atoms with Crippen LogP contribution in [0.3, 0.4) is 0 Å². The summed E-state index contributed by atoms with van der Waals surface area (Å²) in [5, 5.41) is 29.1. The van der Waals surface area contributed by atoms with Crippen LogP contribution in [-0.2, 0) is 30.4 Å². The van der Waals surface area contributed by atoms with Crippen LogP contribution < -0.4 is 16.0 Å². The molecule has 246 valence electrons. The number of fused-ring (bicyclic) bond motifs is 1. The Morgan fingerprint density at radius 1 is 0.913 bits per heavy atom. The van der Waals surface area contributed by atoms with E-state index in [2.05, 4.69) is 30.5 Å². The van der Waals surface area contributed by atoms with Crippen LogP contribution in [0.2, 0.25) is 5.28 Å². The summed E-state index contributed by atoms with van der Waals surface area (Å²) >= 11 is 6.00. The van der Waals surface area contributed by atoms with Crippen molar-refractivity contribution in [3.05, 3.63) is 41.7 Å². The SMILES string of the molecule is CCN(CCO)c1nc(Cl)nc(Nc2ccc(N=Nc3c(N)c(S(=O)(=O)O)cc4cc(S(=O)(=O)O)cc(O)c34)c(S(=O)(=O)O)c2)n1. The highest BCUT2D eigenvalue weighted by Gasteiger charge is 2.25. The standard InChI is InChI=1S/C23H23ClN8O11S3/c1-2-32(5-6-33)23-28-21(24)27-22(29-23)26-12-3-4-14(16(9-12)45(38,39)40)30-31-20-18-11(8-17(19(20)25)46(41,42)43)7-13(10-15(18)34)44(35,36)37/h3-4,7-10,33-34H,2,5-6,25H2,1H3,(H,35,36,37)(H,38,39,40)(H,41,42,43)(H,26,27,28,29). The van der Waals surface area contributed by atoms with Crippen LogP contribution in [0.25, 0.3) is 10.8 Å². The Kier molecular flexibility index (Phi) is 9.65. The number of aromatic nitrogens is 3. The van der Waals surface area contributed by atoms with E-state index in [4.69, 9.17) is 17.3 Å². The second-order valence-electron chi connectivity index (χ2n) is 9.14. The molecule has 4 rings (SSSR count). The number of nitrogens with one attached hydrogen (secondary N) is 1. The maximum atomic E-state index is 12.3. The number of anilines is 4. The minimum atomic E-state index is -5.08. The Labute approximate surface area is 265 Å². The fraction of sp³-hybridized carbons (Fsp3) is 0.174. The molecule has 4 aromatic rings. The van der Waals surface area contributed by atoms with Gasteiger partial charge in [-0.1, -0.05) is 0 Å². The Balaban J connectivity index is 1.85. The van der Waals surface area contributed by atoms with E-state index in [1.54, 1.807) is 11.8 Å². The van der Waals surface area contributed by atoms with E-state index in [-0.39, 0.29) is 41.4 Å². The van der Waals surface area contributed by atoms with Gasteiger partial charge in [0, 0.05) is 24.8 Å². The summed E-state index contributed by atoms with van der Waals surface area (Å²) in [5.74, 6) is -0.898. The molecule has 0 saturated heterocycles. The number of nitrogens with zero attached hydrogens (tertiary/aromatic N) is 6. The van der Waals surface area contributed by atoms with Crippen molar-refractivity contribution in [2.75, 3.05) is 35.6 Å². The van der Waals surface area contributed by atoms with Crippen LogP contribution >= 0.6 is 11.6 Å². The fourth-order valence-corrected chi connectivity index (χ4v) is 6.09. The van der Waals surface area contributed by atoms with Crippen molar-refractivity contribution >= 4 is 87.4 Å². The van der Waals surface area contributed by atoms with Crippen molar-refractivity contribution in [2.24, 2.45) is 10.2 Å². The molecule has 0 aliphatic rings. The lowest BCUT2D eigenvalue weighted by Crippen LogP contribution is -2.28. The van der Waals surface area contributed by atoms with Gasteiger partial charge in [0.15, 0.2) is 0 Å². The number of hydrogen-bond donors (Lipinski definition) is 7. The number of aliphatic hydroxyl groups excluding tert-OH is 1. The Morgan fingerprint density at radius 3 is 2.17 bits per heavy atom. The molecule has 23 heteroatoms. The Bertz CT molecular complexity index is 2220. The predicted molar refractivity (Wildman–Crippen MR) is 163 cm³/mol. The van der Waals surface area contributed by atoms with Gasteiger partial charge in [-0.05, 0) is 54.2 Å². The van der Waals surface area contributed by atoms with E-state index in [1.165, 1.54) is 6.07 Å². The third kappa shape index (κ3) is 7.56. The van der Waals surface area contributed by atoms with Gasteiger partial charge in [-0.2, -0.15) is 40.2 Å². The number of halogens is 1. The molecule has 0 saturated carbocycles. The highest BCUT2D eigenvalue weighted by atomic mass is 35.5. The number of hydrogen-bond acceptors (Lipinski definition) is 16. The monoisotopic (exact) mass is 718 g/mol. The molecule has 0 atom stereocenters. The number of phenols is 1. The van der Waals surface area contributed by atoms with Gasteiger partial charge >= 0.3 is 0 Å². The number of benzene rings is 3. The van der Waals surface area contributed by atoms with Gasteiger partial charge in [-0.15, -0.1) is 10.2 Å². The summed E-state index contributed by atoms with van der Waals surface area (Å²) in [6, 6.07) is 5.31. The summed E-state index contributed by atoms with van der Waals surface area (Å²) < 4.78 is 101. The zero-order valence-electron chi connectivity index (χ0n) is 23.1. The van der Waals surface area contributed by atoms with Crippen molar-refractivity contribution in [2.45, 2.75) is 21.6 Å². The maximum Gasteiger partial charge on any atom is 0.296 e. The number of aromatic hydroxyl groups is 1. The van der Waals surface area contributed by atoms with Crippen molar-refractivity contribution in [1.82, 2.24) is 15.0 Å².